The molecule has 0 bridgehead atoms. The topological polar surface area (TPSA) is 71.3 Å². The van der Waals surface area contributed by atoms with Crippen LogP contribution in [0.25, 0.3) is 133 Å². The van der Waals surface area contributed by atoms with Crippen molar-refractivity contribution in [2.24, 2.45) is 0 Å². The number of nitrogens with zero attached hydrogens (tertiary/aromatic N) is 8. The van der Waals surface area contributed by atoms with E-state index >= 15 is 0 Å². The third kappa shape index (κ3) is 24.8. The predicted molar refractivity (Wildman–Crippen MR) is 621 cm³/mol. The summed E-state index contributed by atoms with van der Waals surface area (Å²) in [7, 11) is 0. The Balaban J connectivity index is 0.000000129. The summed E-state index contributed by atoms with van der Waals surface area (Å²) in [4.78, 5) is 18.4. The summed E-state index contributed by atoms with van der Waals surface area (Å²) in [6.45, 7) is 53.3. The molecule has 14 aromatic carbocycles. The molecule has 0 saturated heterocycles. The lowest BCUT2D eigenvalue weighted by atomic mass is 9.86. The molecule has 0 radical (unpaired) electrons. The van der Waals surface area contributed by atoms with Gasteiger partial charge in [-0.1, -0.05) is 476 Å². The van der Waals surface area contributed by atoms with Crippen LogP contribution >= 0.6 is 0 Å². The van der Waals surface area contributed by atoms with E-state index in [0.717, 1.165) is 28.7 Å². The monoisotopic (exact) mass is 1890 g/mol. The van der Waals surface area contributed by atoms with Gasteiger partial charge in [0.25, 0.3) is 0 Å². The van der Waals surface area contributed by atoms with E-state index in [4.69, 9.17) is 15.0 Å². The van der Waals surface area contributed by atoms with E-state index in [-0.39, 0.29) is 32.5 Å². The molecule has 0 fully saturated rings. The van der Waals surface area contributed by atoms with Crippen molar-refractivity contribution >= 4 is 87.2 Å². The van der Waals surface area contributed by atoms with Gasteiger partial charge < -0.3 is 9.13 Å². The van der Waals surface area contributed by atoms with Gasteiger partial charge in [0, 0.05) is 101 Å². The summed E-state index contributed by atoms with van der Waals surface area (Å²) < 4.78 is 9.37. The molecule has 728 valence electrons. The van der Waals surface area contributed by atoms with Gasteiger partial charge in [0.05, 0.1) is 49.8 Å². The minimum Gasteiger partial charge on any atom is -0.309 e. The fraction of sp³-hybridized carbons (Fsp3) is 0.235. The van der Waals surface area contributed by atoms with Gasteiger partial charge in [-0.05, 0) is 186 Å². The van der Waals surface area contributed by atoms with Crippen molar-refractivity contribution in [1.29, 1.82) is 0 Å². The third-order valence-electron chi connectivity index (χ3n) is 26.5. The first kappa shape index (κ1) is 103. The van der Waals surface area contributed by atoms with E-state index in [9.17, 15) is 0 Å². The van der Waals surface area contributed by atoms with Crippen LogP contribution in [0.5, 0.6) is 0 Å². The van der Waals surface area contributed by atoms with Crippen LogP contribution < -0.4 is 0 Å². The van der Waals surface area contributed by atoms with Gasteiger partial charge in [-0.15, -0.1) is 0 Å². The molecule has 0 amide bonds. The molecule has 22 aromatic rings. The van der Waals surface area contributed by atoms with Gasteiger partial charge in [0.15, 0.2) is 0 Å². The molecule has 8 heterocycles. The van der Waals surface area contributed by atoms with E-state index in [0.29, 0.717) is 10.8 Å². The zero-order valence-electron chi connectivity index (χ0n) is 89.1. The lowest BCUT2D eigenvalue weighted by Gasteiger charge is -2.23. The van der Waals surface area contributed by atoms with Crippen LogP contribution in [0.15, 0.2) is 437 Å². The Morgan fingerprint density at radius 1 is 0.174 bits per heavy atom. The zero-order chi connectivity index (χ0) is 103. The molecule has 144 heavy (non-hydrogen) atoms. The lowest BCUT2D eigenvalue weighted by Crippen LogP contribution is -2.14. The predicted octanol–water partition coefficient (Wildman–Crippen LogP) is 37.2. The van der Waals surface area contributed by atoms with Gasteiger partial charge >= 0.3 is 0 Å². The number of hydrogen-bond donors (Lipinski definition) is 0. The second kappa shape index (κ2) is 43.8. The van der Waals surface area contributed by atoms with E-state index in [2.05, 4.69) is 584 Å². The van der Waals surface area contributed by atoms with Crippen LogP contribution in [0.1, 0.15) is 211 Å². The summed E-state index contributed by atoms with van der Waals surface area (Å²) in [6, 6.07) is 148. The average Bonchev–Trinajstić information content (AvgIpc) is 1.58. The second-order valence-electron chi connectivity index (χ2n) is 45.7. The largest absolute Gasteiger partial charge is 0.309 e. The summed E-state index contributed by atoms with van der Waals surface area (Å²) in [6.07, 6.45) is 5.67. The van der Waals surface area contributed by atoms with Gasteiger partial charge in [0.2, 0.25) is 0 Å². The van der Waals surface area contributed by atoms with Gasteiger partial charge in [-0.3, -0.25) is 19.1 Å². The van der Waals surface area contributed by atoms with Crippen molar-refractivity contribution < 1.29 is 0 Å². The lowest BCUT2D eigenvalue weighted by molar-refractivity contribution is 0.568. The normalized spacial score (nSPS) is 11.9. The number of fused-ring (bicyclic) bond motifs is 12. The molecular weight excluding hydrogens is 1750 g/mol. The van der Waals surface area contributed by atoms with Gasteiger partial charge in [-0.2, -0.15) is 0 Å². The Morgan fingerprint density at radius 3 is 0.743 bits per heavy atom. The van der Waals surface area contributed by atoms with Crippen LogP contribution in [-0.4, -0.2) is 38.2 Å². The minimum absolute atomic E-state index is 0.00226. The van der Waals surface area contributed by atoms with Crippen LogP contribution in [0.3, 0.4) is 0 Å². The first-order valence-electron chi connectivity index (χ1n) is 50.8. The first-order valence-corrected chi connectivity index (χ1v) is 50.8. The summed E-state index contributed by atoms with van der Waals surface area (Å²) in [5.74, 6) is 1.95. The number of para-hydroxylation sites is 8. The Kier molecular flexibility index (Phi) is 31.4. The number of hydrogen-bond acceptors (Lipinski definition) is 4. The Bertz CT molecular complexity index is 7540. The SMILES string of the molecule is CC(C)(C)c1cc(-n2c3ccccc3c3ccccc32)cc(-n2c3ccccc3c3ccccc32)c1.CC(C)(C)c1ccc(-c2ccccc2)cc1.CC(C)(C)c1ccc(-n2c3ccccc3c3ccccc32)nc1.CC(C)(C)c1cccc(-c2ccccc2)n1.CC(C)(C)c1cccc(-n2c3ccccc3c3ccccc32)n1.CC(C)(C)c1ccccc1.CC(C)(C)c1ccccc1.CC(C)(C)c1ccncc1. The minimum atomic E-state index is 0.00226. The molecule has 0 spiro atoms. The molecule has 0 N–H and O–H groups in total. The standard InChI is InChI=1S/C34H28N2.2C21H20N2.C16H18.C15H17N.2C10H14.C9H13N/c1-34(2,3)23-20-24(35-30-16-8-4-12-26(30)27-13-5-9-17-31(27)35)22-25(21-23)36-32-18-10-6-14-28(32)29-15-7-11-19-33(29)36;1-21(2,3)19-13-8-14-20(22-19)23-17-11-6-4-9-15(17)16-10-5-7-12-18(16)23;1-21(2,3)15-12-13-20(22-14-15)23-18-10-6-4-8-16(18)17-9-5-7-11-19(17)23;1-16(2,3)15-11-9-14(10-12-15)13-7-5-4-6-8-13;1-15(2,3)14-11-7-10-13(16-14)12-8-5-4-6-9-12;2*1-10(2,3)9-7-5-4-6-8-9;1-9(2,3)8-4-6-10-7-5-8/h4-22H,1-3H3;2*4-14H,1-3H3;4-12H,1-3H3;4-11H,1-3H3;2*4-8H,1-3H3;4-7H,1-3H3. The molecule has 0 aliphatic carbocycles. The maximum absolute atomic E-state index is 4.95. The highest BCUT2D eigenvalue weighted by atomic mass is 15.1. The van der Waals surface area contributed by atoms with Crippen molar-refractivity contribution in [3.8, 4) is 45.4 Å². The average molecular weight is 1890 g/mol. The van der Waals surface area contributed by atoms with Gasteiger partial charge in [0.1, 0.15) is 11.6 Å². The highest BCUT2D eigenvalue weighted by Gasteiger charge is 2.26. The Hall–Kier alpha value is -15.1. The molecule has 0 aliphatic heterocycles. The van der Waals surface area contributed by atoms with E-state index < -0.39 is 0 Å². The van der Waals surface area contributed by atoms with Crippen LogP contribution in [-0.2, 0) is 43.3 Å². The molecule has 22 rings (SSSR count). The van der Waals surface area contributed by atoms with Crippen molar-refractivity contribution in [3.63, 3.8) is 0 Å². The Morgan fingerprint density at radius 2 is 0.438 bits per heavy atom. The van der Waals surface area contributed by atoms with Crippen LogP contribution in [0.4, 0.5) is 0 Å². The Labute approximate surface area is 856 Å². The highest BCUT2D eigenvalue weighted by molar-refractivity contribution is 6.12. The quantitative estimate of drug-likeness (QED) is 0.166. The molecule has 0 atom stereocenters. The fourth-order valence-corrected chi connectivity index (χ4v) is 18.1. The fourth-order valence-electron chi connectivity index (χ4n) is 18.1. The van der Waals surface area contributed by atoms with Crippen molar-refractivity contribution in [1.82, 2.24) is 38.2 Å². The summed E-state index contributed by atoms with van der Waals surface area (Å²) >= 11 is 0. The van der Waals surface area contributed by atoms with E-state index in [1.807, 2.05) is 42.9 Å². The second-order valence-corrected chi connectivity index (χ2v) is 45.7. The molecule has 0 saturated carbocycles. The highest BCUT2D eigenvalue weighted by Crippen LogP contribution is 2.41. The van der Waals surface area contributed by atoms with E-state index in [1.165, 1.54) is 149 Å². The smallest absolute Gasteiger partial charge is 0.137 e. The molecular formula is C136H144N8. The van der Waals surface area contributed by atoms with E-state index in [1.54, 1.807) is 0 Å². The summed E-state index contributed by atoms with van der Waals surface area (Å²) in [5, 5.41) is 10.2. The molecule has 0 aliphatic rings. The zero-order valence-corrected chi connectivity index (χ0v) is 89.1. The number of pyridine rings is 4. The molecule has 0 unspecified atom stereocenters. The van der Waals surface area contributed by atoms with Crippen molar-refractivity contribution in [3.05, 3.63) is 482 Å². The molecule has 8 nitrogen and oxygen atoms in total. The maximum Gasteiger partial charge on any atom is 0.137 e. The van der Waals surface area contributed by atoms with Crippen LogP contribution in [0.2, 0.25) is 0 Å². The third-order valence-corrected chi connectivity index (χ3v) is 26.5. The maximum atomic E-state index is 4.95. The van der Waals surface area contributed by atoms with Crippen molar-refractivity contribution in [2.45, 2.75) is 209 Å². The number of benzene rings is 14. The van der Waals surface area contributed by atoms with Crippen LogP contribution in [0, 0.1) is 0 Å². The first-order chi connectivity index (χ1) is 68.6. The number of aromatic nitrogens is 8. The van der Waals surface area contributed by atoms with Gasteiger partial charge in [-0.25, -0.2) is 9.97 Å². The summed E-state index contributed by atoms with van der Waals surface area (Å²) in [5.41, 5.74) is 28.6. The molecule has 8 aromatic heterocycles. The molecule has 8 heteroatoms. The number of rotatable bonds is 6. The van der Waals surface area contributed by atoms with Crippen molar-refractivity contribution in [2.75, 3.05) is 0 Å².